The lowest BCUT2D eigenvalue weighted by Crippen LogP contribution is -2.13. The van der Waals surface area contributed by atoms with Gasteiger partial charge in [0.05, 0.1) is 11.4 Å². The molecule has 0 saturated heterocycles. The van der Waals surface area contributed by atoms with Crippen molar-refractivity contribution in [3.8, 4) is 11.3 Å². The van der Waals surface area contributed by atoms with E-state index in [0.717, 1.165) is 42.5 Å². The molecule has 1 amide bonds. The van der Waals surface area contributed by atoms with Gasteiger partial charge in [-0.15, -0.1) is 32.9 Å². The minimum atomic E-state index is -0.573. The van der Waals surface area contributed by atoms with Crippen molar-refractivity contribution in [2.45, 2.75) is 10.8 Å². The zero-order chi connectivity index (χ0) is 21.6. The Bertz CT molecular complexity index is 1160. The second-order valence-electron chi connectivity index (χ2n) is 6.13. The van der Waals surface area contributed by atoms with Crippen molar-refractivity contribution < 1.29 is 13.6 Å². The maximum absolute atomic E-state index is 13.9. The van der Waals surface area contributed by atoms with Crippen LogP contribution in [0.5, 0.6) is 0 Å². The predicted octanol–water partition coefficient (Wildman–Crippen LogP) is 5.39. The minimum absolute atomic E-state index is 0.0547. The number of rotatable bonds is 9. The van der Waals surface area contributed by atoms with E-state index in [4.69, 9.17) is 0 Å². The molecule has 0 fully saturated rings. The number of halogens is 2. The summed E-state index contributed by atoms with van der Waals surface area (Å²) in [5.74, 6) is -1.26. The van der Waals surface area contributed by atoms with Crippen LogP contribution in [-0.2, 0) is 11.2 Å². The summed E-state index contributed by atoms with van der Waals surface area (Å²) in [5.41, 5.74) is 0.325. The molecule has 1 aromatic carbocycles. The summed E-state index contributed by atoms with van der Waals surface area (Å²) in [7, 11) is 0. The van der Waals surface area contributed by atoms with E-state index in [1.807, 2.05) is 11.4 Å². The third-order valence-corrected chi connectivity index (χ3v) is 7.62. The highest BCUT2D eigenvalue weighted by molar-refractivity contribution is 8.01. The van der Waals surface area contributed by atoms with Crippen molar-refractivity contribution in [2.75, 3.05) is 22.9 Å². The van der Waals surface area contributed by atoms with E-state index in [-0.39, 0.29) is 22.9 Å². The molecule has 0 radical (unpaired) electrons. The predicted molar refractivity (Wildman–Crippen MR) is 123 cm³/mol. The lowest BCUT2D eigenvalue weighted by molar-refractivity contribution is -0.113. The van der Waals surface area contributed by atoms with Crippen LogP contribution in [0.1, 0.15) is 4.88 Å². The summed E-state index contributed by atoms with van der Waals surface area (Å²) in [6.07, 6.45) is 0.914. The van der Waals surface area contributed by atoms with Crippen molar-refractivity contribution in [1.82, 2.24) is 15.2 Å². The number of nitrogens with one attached hydrogen (secondary N) is 2. The quantitative estimate of drug-likeness (QED) is 0.303. The van der Waals surface area contributed by atoms with E-state index >= 15 is 0 Å². The fourth-order valence-electron chi connectivity index (χ4n) is 2.52. The van der Waals surface area contributed by atoms with Gasteiger partial charge >= 0.3 is 0 Å². The van der Waals surface area contributed by atoms with Crippen LogP contribution in [0.4, 0.5) is 19.0 Å². The average Bonchev–Trinajstić information content (AvgIpc) is 3.51. The van der Waals surface area contributed by atoms with Crippen molar-refractivity contribution in [2.24, 2.45) is 0 Å². The van der Waals surface area contributed by atoms with Crippen LogP contribution in [0.15, 0.2) is 45.4 Å². The van der Waals surface area contributed by atoms with Crippen molar-refractivity contribution in [3.63, 3.8) is 0 Å². The molecule has 0 bridgehead atoms. The minimum Gasteiger partial charge on any atom is -0.360 e. The number of hydrogen-bond donors (Lipinski definition) is 2. The number of thioether (sulfide) groups is 1. The SMILES string of the molecule is O=C(CSc1nnc(NCCc2cccs2)s1)Nc1nc(-c2cc(F)ccc2F)cs1. The first-order chi connectivity index (χ1) is 15.1. The maximum atomic E-state index is 13.9. The first kappa shape index (κ1) is 21.8. The van der Waals surface area contributed by atoms with Gasteiger partial charge in [-0.3, -0.25) is 4.79 Å². The van der Waals surface area contributed by atoms with Crippen LogP contribution in [0.2, 0.25) is 0 Å². The molecule has 0 aliphatic carbocycles. The highest BCUT2D eigenvalue weighted by Gasteiger charge is 2.13. The Morgan fingerprint density at radius 1 is 1.13 bits per heavy atom. The molecule has 6 nitrogen and oxygen atoms in total. The van der Waals surface area contributed by atoms with Crippen LogP contribution >= 0.6 is 45.8 Å². The zero-order valence-corrected chi connectivity index (χ0v) is 19.1. The molecule has 3 heterocycles. The smallest absolute Gasteiger partial charge is 0.236 e. The van der Waals surface area contributed by atoms with Crippen LogP contribution in [0.3, 0.4) is 0 Å². The molecular formula is C19H15F2N5OS4. The summed E-state index contributed by atoms with van der Waals surface area (Å²) >= 11 is 5.52. The molecule has 4 rings (SSSR count). The van der Waals surface area contributed by atoms with Gasteiger partial charge in [0, 0.05) is 22.4 Å². The van der Waals surface area contributed by atoms with Gasteiger partial charge in [0.2, 0.25) is 11.0 Å². The fraction of sp³-hybridized carbons (Fsp3) is 0.158. The highest BCUT2D eigenvalue weighted by Crippen LogP contribution is 2.29. The normalized spacial score (nSPS) is 10.9. The number of benzene rings is 1. The number of carbonyl (C=O) groups excluding carboxylic acids is 1. The summed E-state index contributed by atoms with van der Waals surface area (Å²) in [6, 6.07) is 7.28. The molecule has 160 valence electrons. The van der Waals surface area contributed by atoms with E-state index in [1.54, 1.807) is 16.7 Å². The lowest BCUT2D eigenvalue weighted by atomic mass is 10.1. The topological polar surface area (TPSA) is 79.8 Å². The number of hydrogen-bond acceptors (Lipinski definition) is 9. The summed E-state index contributed by atoms with van der Waals surface area (Å²) in [4.78, 5) is 17.7. The maximum Gasteiger partial charge on any atom is 0.236 e. The average molecular weight is 496 g/mol. The van der Waals surface area contributed by atoms with E-state index < -0.39 is 11.6 Å². The summed E-state index contributed by atoms with van der Waals surface area (Å²) < 4.78 is 27.9. The number of carbonyl (C=O) groups is 1. The highest BCUT2D eigenvalue weighted by atomic mass is 32.2. The molecule has 0 saturated carbocycles. The first-order valence-electron chi connectivity index (χ1n) is 9.00. The van der Waals surface area contributed by atoms with Gasteiger partial charge in [0.1, 0.15) is 11.6 Å². The standard InChI is InChI=1S/C19H15F2N5OS4/c20-11-3-4-14(21)13(8-11)15-9-29-18(23-15)24-16(27)10-30-19-26-25-17(31-19)22-6-5-12-2-1-7-28-12/h1-4,7-9H,5-6,10H2,(H,22,25)(H,23,24,27). The molecule has 3 aromatic heterocycles. The van der Waals surface area contributed by atoms with Crippen LogP contribution < -0.4 is 10.6 Å². The number of thiophene rings is 1. The first-order valence-corrected chi connectivity index (χ1v) is 12.6. The molecule has 0 aliphatic heterocycles. The second-order valence-corrected chi connectivity index (χ2v) is 10.2. The van der Waals surface area contributed by atoms with Gasteiger partial charge < -0.3 is 10.6 Å². The lowest BCUT2D eigenvalue weighted by Gasteiger charge is -2.01. The van der Waals surface area contributed by atoms with Gasteiger partial charge in [-0.05, 0) is 36.1 Å². The third-order valence-electron chi connectivity index (χ3n) is 3.92. The summed E-state index contributed by atoms with van der Waals surface area (Å²) in [6.45, 7) is 0.762. The Hall–Kier alpha value is -2.41. The Morgan fingerprint density at radius 3 is 2.87 bits per heavy atom. The van der Waals surface area contributed by atoms with Crippen molar-refractivity contribution >= 4 is 61.9 Å². The Labute approximate surface area is 192 Å². The van der Waals surface area contributed by atoms with E-state index in [1.165, 1.54) is 28.0 Å². The number of nitrogens with zero attached hydrogens (tertiary/aromatic N) is 3. The molecule has 0 unspecified atom stereocenters. The molecule has 0 aliphatic rings. The number of anilines is 2. The van der Waals surface area contributed by atoms with Gasteiger partial charge in [-0.1, -0.05) is 29.2 Å². The van der Waals surface area contributed by atoms with Gasteiger partial charge in [-0.2, -0.15) is 0 Å². The largest absolute Gasteiger partial charge is 0.360 e. The fourth-order valence-corrected chi connectivity index (χ4v) is 5.53. The number of amides is 1. The van der Waals surface area contributed by atoms with Gasteiger partial charge in [0.25, 0.3) is 0 Å². The molecule has 0 spiro atoms. The van der Waals surface area contributed by atoms with E-state index in [9.17, 15) is 13.6 Å². The van der Waals surface area contributed by atoms with Crippen LogP contribution in [0.25, 0.3) is 11.3 Å². The number of thiazole rings is 1. The number of aromatic nitrogens is 3. The monoisotopic (exact) mass is 495 g/mol. The van der Waals surface area contributed by atoms with Crippen molar-refractivity contribution in [1.29, 1.82) is 0 Å². The Balaban J connectivity index is 1.25. The molecule has 0 atom stereocenters. The molecular weight excluding hydrogens is 481 g/mol. The second kappa shape index (κ2) is 10.3. The van der Waals surface area contributed by atoms with Gasteiger partial charge in [0.15, 0.2) is 9.47 Å². The summed E-state index contributed by atoms with van der Waals surface area (Å²) in [5, 5.41) is 18.7. The molecule has 4 aromatic rings. The van der Waals surface area contributed by atoms with Crippen LogP contribution in [-0.4, -0.2) is 33.4 Å². The molecule has 12 heteroatoms. The third kappa shape index (κ3) is 6.06. The Kier molecular flexibility index (Phi) is 7.22. The Morgan fingerprint density at radius 2 is 2.03 bits per heavy atom. The van der Waals surface area contributed by atoms with Crippen LogP contribution in [0, 0.1) is 11.6 Å². The zero-order valence-electron chi connectivity index (χ0n) is 15.8. The van der Waals surface area contributed by atoms with E-state index in [0.29, 0.717) is 14.6 Å². The molecule has 2 N–H and O–H groups in total. The van der Waals surface area contributed by atoms with E-state index in [2.05, 4.69) is 31.9 Å². The molecule has 31 heavy (non-hydrogen) atoms. The van der Waals surface area contributed by atoms with Gasteiger partial charge in [-0.25, -0.2) is 13.8 Å². The van der Waals surface area contributed by atoms with Crippen molar-refractivity contribution in [3.05, 3.63) is 57.6 Å².